The van der Waals surface area contributed by atoms with Crippen LogP contribution < -0.4 is 11.1 Å². The topological polar surface area (TPSA) is 98.5 Å². The second-order valence-electron chi connectivity index (χ2n) is 5.29. The van der Waals surface area contributed by atoms with Gasteiger partial charge in [-0.1, -0.05) is 52.3 Å². The van der Waals surface area contributed by atoms with E-state index in [4.69, 9.17) is 10.5 Å². The summed E-state index contributed by atoms with van der Waals surface area (Å²) >= 11 is 3.26. The lowest BCUT2D eigenvalue weighted by atomic mass is 10.1. The fourth-order valence-electron chi connectivity index (χ4n) is 2.06. The summed E-state index contributed by atoms with van der Waals surface area (Å²) in [6.07, 6.45) is -0.331. The molecule has 3 N–H and O–H groups in total. The summed E-state index contributed by atoms with van der Waals surface area (Å²) in [5.74, 6) is -1.93. The summed E-state index contributed by atoms with van der Waals surface area (Å²) in [6.45, 7) is 0.0880. The summed E-state index contributed by atoms with van der Waals surface area (Å²) in [7, 11) is 0. The molecule has 25 heavy (non-hydrogen) atoms. The fraction of sp³-hybridized carbons (Fsp3) is 0.167. The number of carbonyl (C=O) groups excluding carboxylic acids is 3. The molecule has 0 aliphatic rings. The number of rotatable bonds is 7. The maximum Gasteiger partial charge on any atom is 0.308 e. The monoisotopic (exact) mass is 404 g/mol. The Morgan fingerprint density at radius 1 is 1.08 bits per heavy atom. The van der Waals surface area contributed by atoms with Gasteiger partial charge >= 0.3 is 5.97 Å². The quantitative estimate of drug-likeness (QED) is 0.690. The number of benzene rings is 2. The average molecular weight is 405 g/mol. The first kappa shape index (κ1) is 18.7. The highest BCUT2D eigenvalue weighted by Crippen LogP contribution is 2.12. The molecule has 0 spiro atoms. The van der Waals surface area contributed by atoms with Crippen molar-refractivity contribution >= 4 is 33.7 Å². The predicted octanol–water partition coefficient (Wildman–Crippen LogP) is 2.17. The van der Waals surface area contributed by atoms with Gasteiger partial charge < -0.3 is 15.8 Å². The number of ether oxygens (including phenoxy) is 1. The summed E-state index contributed by atoms with van der Waals surface area (Å²) in [6, 6.07) is 14.6. The lowest BCUT2D eigenvalue weighted by molar-refractivity contribution is -0.146. The molecule has 2 aromatic carbocycles. The van der Waals surface area contributed by atoms with Crippen molar-refractivity contribution < 1.29 is 19.1 Å². The number of esters is 1. The number of nitrogens with one attached hydrogen (secondary N) is 1. The number of halogens is 1. The zero-order chi connectivity index (χ0) is 18.2. The molecule has 2 rings (SSSR count). The summed E-state index contributed by atoms with van der Waals surface area (Å²) < 4.78 is 5.83. The van der Waals surface area contributed by atoms with Crippen LogP contribution in [0.2, 0.25) is 0 Å². The van der Waals surface area contributed by atoms with Crippen LogP contribution in [0.1, 0.15) is 22.3 Å². The molecule has 0 bridgehead atoms. The molecular weight excluding hydrogens is 388 g/mol. The Balaban J connectivity index is 1.92. The second kappa shape index (κ2) is 8.98. The SMILES string of the molecule is NC(=O)[C@H](CC(=O)OCc1ccccc1)NC(=O)c1cccc(Br)c1. The molecule has 2 amide bonds. The number of hydrogen-bond acceptors (Lipinski definition) is 4. The third-order valence-corrected chi connectivity index (χ3v) is 3.84. The normalized spacial score (nSPS) is 11.4. The number of amides is 2. The molecule has 0 aromatic heterocycles. The van der Waals surface area contributed by atoms with E-state index in [2.05, 4.69) is 21.2 Å². The van der Waals surface area contributed by atoms with Gasteiger partial charge in [0.2, 0.25) is 5.91 Å². The van der Waals surface area contributed by atoms with Crippen LogP contribution in [0.4, 0.5) is 0 Å². The third kappa shape index (κ3) is 6.04. The van der Waals surface area contributed by atoms with Crippen molar-refractivity contribution in [3.05, 3.63) is 70.2 Å². The van der Waals surface area contributed by atoms with E-state index in [1.807, 2.05) is 30.3 Å². The molecule has 1 atom stereocenters. The fourth-order valence-corrected chi connectivity index (χ4v) is 2.46. The van der Waals surface area contributed by atoms with Crippen LogP contribution in [0.3, 0.4) is 0 Å². The largest absolute Gasteiger partial charge is 0.461 e. The van der Waals surface area contributed by atoms with E-state index in [1.165, 1.54) is 0 Å². The van der Waals surface area contributed by atoms with E-state index in [0.29, 0.717) is 5.56 Å². The van der Waals surface area contributed by atoms with E-state index in [9.17, 15) is 14.4 Å². The van der Waals surface area contributed by atoms with Crippen LogP contribution in [0, 0.1) is 0 Å². The van der Waals surface area contributed by atoms with E-state index in [1.54, 1.807) is 24.3 Å². The minimum absolute atomic E-state index is 0.0880. The van der Waals surface area contributed by atoms with Crippen LogP contribution in [-0.4, -0.2) is 23.8 Å². The van der Waals surface area contributed by atoms with E-state index >= 15 is 0 Å². The minimum atomic E-state index is -1.14. The molecule has 6 nitrogen and oxygen atoms in total. The lowest BCUT2D eigenvalue weighted by Gasteiger charge is -2.15. The van der Waals surface area contributed by atoms with Crippen molar-refractivity contribution in [1.29, 1.82) is 0 Å². The lowest BCUT2D eigenvalue weighted by Crippen LogP contribution is -2.45. The van der Waals surface area contributed by atoms with Crippen LogP contribution in [0.5, 0.6) is 0 Å². The van der Waals surface area contributed by atoms with E-state index in [-0.39, 0.29) is 13.0 Å². The molecule has 0 unspecified atom stereocenters. The van der Waals surface area contributed by atoms with Crippen LogP contribution in [-0.2, 0) is 20.9 Å². The van der Waals surface area contributed by atoms with Gasteiger partial charge in [-0.25, -0.2) is 0 Å². The Morgan fingerprint density at radius 2 is 1.80 bits per heavy atom. The van der Waals surface area contributed by atoms with E-state index in [0.717, 1.165) is 10.0 Å². The average Bonchev–Trinajstić information content (AvgIpc) is 2.60. The van der Waals surface area contributed by atoms with Gasteiger partial charge in [0, 0.05) is 10.0 Å². The maximum absolute atomic E-state index is 12.2. The third-order valence-electron chi connectivity index (χ3n) is 3.35. The molecule has 0 aliphatic heterocycles. The first-order valence-corrected chi connectivity index (χ1v) is 8.30. The Hall–Kier alpha value is -2.67. The number of carbonyl (C=O) groups is 3. The first-order valence-electron chi connectivity index (χ1n) is 7.51. The number of hydrogen-bond donors (Lipinski definition) is 2. The Morgan fingerprint density at radius 3 is 2.44 bits per heavy atom. The number of nitrogens with two attached hydrogens (primary N) is 1. The molecule has 0 saturated heterocycles. The Kier molecular flexibility index (Phi) is 6.71. The van der Waals surface area contributed by atoms with Crippen LogP contribution >= 0.6 is 15.9 Å². The summed E-state index contributed by atoms with van der Waals surface area (Å²) in [5, 5.41) is 2.45. The minimum Gasteiger partial charge on any atom is -0.461 e. The highest BCUT2D eigenvalue weighted by molar-refractivity contribution is 9.10. The summed E-state index contributed by atoms with van der Waals surface area (Å²) in [4.78, 5) is 35.6. The molecule has 0 saturated carbocycles. The first-order chi connectivity index (χ1) is 12.0. The highest BCUT2D eigenvalue weighted by Gasteiger charge is 2.23. The Bertz CT molecular complexity index is 765. The van der Waals surface area contributed by atoms with Gasteiger partial charge in [-0.2, -0.15) is 0 Å². The van der Waals surface area contributed by atoms with Gasteiger partial charge in [-0.05, 0) is 23.8 Å². The van der Waals surface area contributed by atoms with Crippen molar-refractivity contribution in [1.82, 2.24) is 5.32 Å². The van der Waals surface area contributed by atoms with Gasteiger partial charge in [-0.3, -0.25) is 14.4 Å². The zero-order valence-electron chi connectivity index (χ0n) is 13.3. The maximum atomic E-state index is 12.2. The molecule has 0 heterocycles. The molecule has 0 radical (unpaired) electrons. The molecule has 2 aromatic rings. The van der Waals surface area contributed by atoms with Gasteiger partial charge in [0.25, 0.3) is 5.91 Å². The molecule has 0 aliphatic carbocycles. The van der Waals surface area contributed by atoms with Gasteiger partial charge in [0.1, 0.15) is 12.6 Å². The van der Waals surface area contributed by atoms with Gasteiger partial charge in [0.05, 0.1) is 6.42 Å². The predicted molar refractivity (Wildman–Crippen MR) is 95.4 cm³/mol. The van der Waals surface area contributed by atoms with Crippen molar-refractivity contribution in [3.8, 4) is 0 Å². The van der Waals surface area contributed by atoms with Crippen LogP contribution in [0.15, 0.2) is 59.1 Å². The van der Waals surface area contributed by atoms with Crippen LogP contribution in [0.25, 0.3) is 0 Å². The smallest absolute Gasteiger partial charge is 0.308 e. The zero-order valence-corrected chi connectivity index (χ0v) is 14.9. The Labute approximate surface area is 153 Å². The highest BCUT2D eigenvalue weighted by atomic mass is 79.9. The molecular formula is C18H17BrN2O4. The van der Waals surface area contributed by atoms with E-state index < -0.39 is 23.8 Å². The van der Waals surface area contributed by atoms with Crippen molar-refractivity contribution in [2.75, 3.05) is 0 Å². The number of primary amides is 1. The van der Waals surface area contributed by atoms with Crippen molar-refractivity contribution in [2.24, 2.45) is 5.73 Å². The molecule has 0 fully saturated rings. The van der Waals surface area contributed by atoms with Gasteiger partial charge in [-0.15, -0.1) is 0 Å². The molecule has 130 valence electrons. The van der Waals surface area contributed by atoms with Gasteiger partial charge in [0.15, 0.2) is 0 Å². The second-order valence-corrected chi connectivity index (χ2v) is 6.20. The standard InChI is InChI=1S/C18H17BrN2O4/c19-14-8-4-7-13(9-14)18(24)21-15(17(20)23)10-16(22)25-11-12-5-2-1-3-6-12/h1-9,15H,10-11H2,(H2,20,23)(H,21,24)/t15-/m0/s1. The summed E-state index contributed by atoms with van der Waals surface area (Å²) in [5.41, 5.74) is 6.45. The van der Waals surface area contributed by atoms with Crippen molar-refractivity contribution in [2.45, 2.75) is 19.1 Å². The molecule has 7 heteroatoms. The van der Waals surface area contributed by atoms with Crippen molar-refractivity contribution in [3.63, 3.8) is 0 Å².